The fraction of sp³-hybridized carbons (Fsp3) is 0.389. The molecule has 5 nitrogen and oxygen atoms in total. The van der Waals surface area contributed by atoms with E-state index < -0.39 is 6.04 Å². The van der Waals surface area contributed by atoms with Crippen LogP contribution in [0.4, 0.5) is 5.13 Å². The van der Waals surface area contributed by atoms with Gasteiger partial charge in [-0.15, -0.1) is 11.3 Å². The number of carbonyl (C=O) groups is 2. The third-order valence-electron chi connectivity index (χ3n) is 4.53. The second-order valence-electron chi connectivity index (χ2n) is 6.09. The molecule has 1 aromatic carbocycles. The van der Waals surface area contributed by atoms with E-state index in [1.807, 2.05) is 43.5 Å². The Kier molecular flexibility index (Phi) is 4.94. The highest BCUT2D eigenvalue weighted by Crippen LogP contribution is 2.26. The second-order valence-corrected chi connectivity index (χ2v) is 6.99. The maximum Gasteiger partial charge on any atom is 0.249 e. The molecule has 1 aromatic heterocycles. The largest absolute Gasteiger partial charge is 0.326 e. The molecule has 126 valence electrons. The van der Waals surface area contributed by atoms with Gasteiger partial charge in [0.2, 0.25) is 11.8 Å². The smallest absolute Gasteiger partial charge is 0.249 e. The van der Waals surface area contributed by atoms with Crippen molar-refractivity contribution in [3.63, 3.8) is 0 Å². The van der Waals surface area contributed by atoms with Gasteiger partial charge >= 0.3 is 0 Å². The molecule has 2 heterocycles. The van der Waals surface area contributed by atoms with Gasteiger partial charge in [0.15, 0.2) is 5.13 Å². The van der Waals surface area contributed by atoms with Crippen LogP contribution in [-0.2, 0) is 22.6 Å². The molecule has 0 radical (unpaired) electrons. The van der Waals surface area contributed by atoms with Crippen molar-refractivity contribution < 1.29 is 9.59 Å². The Morgan fingerprint density at radius 1 is 1.38 bits per heavy atom. The monoisotopic (exact) mass is 343 g/mol. The predicted octanol–water partition coefficient (Wildman–Crippen LogP) is 3.08. The molecule has 1 aliphatic heterocycles. The van der Waals surface area contributed by atoms with Gasteiger partial charge in [0, 0.05) is 30.5 Å². The lowest BCUT2D eigenvalue weighted by atomic mass is 9.92. The van der Waals surface area contributed by atoms with Gasteiger partial charge in [-0.2, -0.15) is 0 Å². The first-order valence-electron chi connectivity index (χ1n) is 8.17. The molecule has 2 amide bonds. The standard InChI is InChI=1S/C18H21N3O2S/c1-3-12(2)17(23)21-11-14-7-5-4-6-13(14)10-15(21)16(22)20-18-19-8-9-24-18/h4-9,12,15H,3,10-11H2,1-2H3,(H,19,20,22). The number of hydrogen-bond acceptors (Lipinski definition) is 4. The summed E-state index contributed by atoms with van der Waals surface area (Å²) in [5.41, 5.74) is 2.25. The maximum atomic E-state index is 12.8. The van der Waals surface area contributed by atoms with Crippen molar-refractivity contribution in [3.8, 4) is 0 Å². The molecule has 0 saturated carbocycles. The molecule has 24 heavy (non-hydrogen) atoms. The van der Waals surface area contributed by atoms with E-state index in [2.05, 4.69) is 10.3 Å². The molecule has 0 saturated heterocycles. The average molecular weight is 343 g/mol. The van der Waals surface area contributed by atoms with E-state index in [4.69, 9.17) is 0 Å². The summed E-state index contributed by atoms with van der Waals surface area (Å²) in [5.74, 6) is -0.229. The van der Waals surface area contributed by atoms with Gasteiger partial charge in [-0.05, 0) is 17.5 Å². The summed E-state index contributed by atoms with van der Waals surface area (Å²) >= 11 is 1.37. The second kappa shape index (κ2) is 7.13. The van der Waals surface area contributed by atoms with Gasteiger partial charge in [-0.3, -0.25) is 9.59 Å². The van der Waals surface area contributed by atoms with E-state index in [1.165, 1.54) is 11.3 Å². The van der Waals surface area contributed by atoms with E-state index >= 15 is 0 Å². The number of nitrogens with zero attached hydrogens (tertiary/aromatic N) is 2. The highest BCUT2D eigenvalue weighted by molar-refractivity contribution is 7.13. The number of fused-ring (bicyclic) bond motifs is 1. The van der Waals surface area contributed by atoms with Crippen LogP contribution < -0.4 is 5.32 Å². The molecule has 2 aromatic rings. The van der Waals surface area contributed by atoms with E-state index in [1.54, 1.807) is 11.1 Å². The maximum absolute atomic E-state index is 12.8. The Morgan fingerprint density at radius 2 is 2.12 bits per heavy atom. The summed E-state index contributed by atoms with van der Waals surface area (Å²) < 4.78 is 0. The quantitative estimate of drug-likeness (QED) is 0.928. The van der Waals surface area contributed by atoms with Crippen LogP contribution in [0.15, 0.2) is 35.8 Å². The topological polar surface area (TPSA) is 62.3 Å². The average Bonchev–Trinajstić information content (AvgIpc) is 3.12. The summed E-state index contributed by atoms with van der Waals surface area (Å²) in [5, 5.41) is 5.22. The third-order valence-corrected chi connectivity index (χ3v) is 5.22. The number of amides is 2. The number of anilines is 1. The van der Waals surface area contributed by atoms with Crippen LogP contribution in [0.5, 0.6) is 0 Å². The van der Waals surface area contributed by atoms with Gasteiger partial charge in [-0.1, -0.05) is 38.1 Å². The van der Waals surface area contributed by atoms with Crippen molar-refractivity contribution in [2.75, 3.05) is 5.32 Å². The Hall–Kier alpha value is -2.21. The van der Waals surface area contributed by atoms with Crippen molar-refractivity contribution in [2.24, 2.45) is 5.92 Å². The number of nitrogens with one attached hydrogen (secondary N) is 1. The first-order chi connectivity index (χ1) is 11.6. The molecule has 0 fully saturated rings. The number of aromatic nitrogens is 1. The SMILES string of the molecule is CCC(C)C(=O)N1Cc2ccccc2CC1C(=O)Nc1nccs1. The van der Waals surface area contributed by atoms with Crippen molar-refractivity contribution in [1.82, 2.24) is 9.88 Å². The number of carbonyl (C=O) groups excluding carboxylic acids is 2. The zero-order chi connectivity index (χ0) is 17.1. The molecule has 0 aliphatic carbocycles. The molecule has 6 heteroatoms. The first-order valence-corrected chi connectivity index (χ1v) is 9.05. The minimum absolute atomic E-state index is 0.0336. The van der Waals surface area contributed by atoms with Crippen LogP contribution >= 0.6 is 11.3 Å². The molecule has 1 aliphatic rings. The van der Waals surface area contributed by atoms with Crippen molar-refractivity contribution in [2.45, 2.75) is 39.3 Å². The van der Waals surface area contributed by atoms with E-state index in [9.17, 15) is 9.59 Å². The minimum atomic E-state index is -0.495. The number of benzene rings is 1. The third kappa shape index (κ3) is 3.33. The summed E-state index contributed by atoms with van der Waals surface area (Å²) in [6.07, 6.45) is 2.95. The lowest BCUT2D eigenvalue weighted by molar-refractivity contribution is -0.143. The van der Waals surface area contributed by atoms with Gasteiger partial charge in [0.25, 0.3) is 0 Å². The molecular formula is C18H21N3O2S. The Morgan fingerprint density at radius 3 is 2.79 bits per heavy atom. The van der Waals surface area contributed by atoms with Crippen LogP contribution in [0.2, 0.25) is 0 Å². The molecule has 3 rings (SSSR count). The Labute approximate surface area is 145 Å². The number of thiazole rings is 1. The van der Waals surface area contributed by atoms with Gasteiger partial charge in [0.05, 0.1) is 0 Å². The summed E-state index contributed by atoms with van der Waals surface area (Å²) in [7, 11) is 0. The zero-order valence-corrected chi connectivity index (χ0v) is 14.7. The van der Waals surface area contributed by atoms with Crippen molar-refractivity contribution >= 4 is 28.3 Å². The summed E-state index contributed by atoms with van der Waals surface area (Å²) in [6, 6.07) is 7.51. The van der Waals surface area contributed by atoms with E-state index in [-0.39, 0.29) is 17.7 Å². The minimum Gasteiger partial charge on any atom is -0.326 e. The zero-order valence-electron chi connectivity index (χ0n) is 13.9. The van der Waals surface area contributed by atoms with Gasteiger partial charge < -0.3 is 10.2 Å². The highest BCUT2D eigenvalue weighted by atomic mass is 32.1. The first kappa shape index (κ1) is 16.6. The number of rotatable bonds is 4. The predicted molar refractivity (Wildman–Crippen MR) is 94.7 cm³/mol. The van der Waals surface area contributed by atoms with Crippen LogP contribution in [0, 0.1) is 5.92 Å². The summed E-state index contributed by atoms with van der Waals surface area (Å²) in [4.78, 5) is 31.4. The molecular weight excluding hydrogens is 322 g/mol. The fourth-order valence-electron chi connectivity index (χ4n) is 2.92. The van der Waals surface area contributed by atoms with Crippen LogP contribution in [0.3, 0.4) is 0 Å². The van der Waals surface area contributed by atoms with Gasteiger partial charge in [-0.25, -0.2) is 4.98 Å². The molecule has 1 N–H and O–H groups in total. The highest BCUT2D eigenvalue weighted by Gasteiger charge is 2.36. The Balaban J connectivity index is 1.87. The van der Waals surface area contributed by atoms with E-state index in [0.29, 0.717) is 18.1 Å². The lowest BCUT2D eigenvalue weighted by Gasteiger charge is -2.37. The summed E-state index contributed by atoms with van der Waals surface area (Å²) in [6.45, 7) is 4.39. The Bertz CT molecular complexity index is 730. The van der Waals surface area contributed by atoms with Crippen LogP contribution in [-0.4, -0.2) is 27.7 Å². The van der Waals surface area contributed by atoms with Crippen LogP contribution in [0.1, 0.15) is 31.4 Å². The van der Waals surface area contributed by atoms with Crippen molar-refractivity contribution in [3.05, 3.63) is 47.0 Å². The lowest BCUT2D eigenvalue weighted by Crippen LogP contribution is -2.52. The number of hydrogen-bond donors (Lipinski definition) is 1. The normalized spacial score (nSPS) is 17.9. The fourth-order valence-corrected chi connectivity index (χ4v) is 3.45. The molecule has 0 spiro atoms. The molecule has 2 unspecified atom stereocenters. The van der Waals surface area contributed by atoms with Crippen molar-refractivity contribution in [1.29, 1.82) is 0 Å². The van der Waals surface area contributed by atoms with E-state index in [0.717, 1.165) is 17.5 Å². The van der Waals surface area contributed by atoms with Crippen LogP contribution in [0.25, 0.3) is 0 Å². The van der Waals surface area contributed by atoms with Gasteiger partial charge in [0.1, 0.15) is 6.04 Å². The molecule has 2 atom stereocenters. The molecule has 0 bridgehead atoms.